The minimum atomic E-state index is 0.817. The second kappa shape index (κ2) is 12.0. The Hall–Kier alpha value is -7.55. The Kier molecular flexibility index (Phi) is 6.53. The van der Waals surface area contributed by atoms with Gasteiger partial charge in [-0.3, -0.25) is 0 Å². The van der Waals surface area contributed by atoms with Gasteiger partial charge in [-0.25, -0.2) is 4.98 Å². The summed E-state index contributed by atoms with van der Waals surface area (Å²) >= 11 is 0. The zero-order chi connectivity index (χ0) is 37.9. The molecule has 2 nitrogen and oxygen atoms in total. The van der Waals surface area contributed by atoms with Crippen molar-refractivity contribution in [2.24, 2.45) is 0 Å². The second-order valence-electron chi connectivity index (χ2n) is 15.8. The van der Waals surface area contributed by atoms with Crippen molar-refractivity contribution in [1.29, 1.82) is 0 Å². The van der Waals surface area contributed by atoms with E-state index >= 15 is 0 Å². The van der Waals surface area contributed by atoms with E-state index in [1.807, 2.05) is 0 Å². The van der Waals surface area contributed by atoms with Crippen LogP contribution in [-0.2, 0) is 0 Å². The third kappa shape index (κ3) is 4.51. The average molecular weight is 735 g/mol. The van der Waals surface area contributed by atoms with Gasteiger partial charge in [-0.15, -0.1) is 0 Å². The van der Waals surface area contributed by atoms with E-state index in [0.29, 0.717) is 0 Å². The Morgan fingerprint density at radius 2 is 0.879 bits per heavy atom. The number of hydrogen-bond acceptors (Lipinski definition) is 2. The van der Waals surface area contributed by atoms with E-state index in [0.717, 1.165) is 34.4 Å². The number of anilines is 1. The van der Waals surface area contributed by atoms with E-state index in [9.17, 15) is 0 Å². The number of nitrogens with one attached hydrogen (secondary N) is 1. The van der Waals surface area contributed by atoms with E-state index in [1.165, 1.54) is 105 Å². The van der Waals surface area contributed by atoms with Gasteiger partial charge in [0.25, 0.3) is 0 Å². The quantitative estimate of drug-likeness (QED) is 0.195. The molecule has 2 aliphatic carbocycles. The number of fused-ring (bicyclic) bond motifs is 9. The highest BCUT2D eigenvalue weighted by molar-refractivity contribution is 6.20. The first-order valence-corrected chi connectivity index (χ1v) is 20.2. The lowest BCUT2D eigenvalue weighted by atomic mass is 9.88. The molecular formula is C56H34N2. The maximum absolute atomic E-state index is 5.20. The van der Waals surface area contributed by atoms with Gasteiger partial charge in [-0.05, 0) is 129 Å². The molecule has 0 radical (unpaired) electrons. The number of nitrogens with zero attached hydrogens (tertiary/aromatic N) is 1. The molecule has 0 saturated heterocycles. The van der Waals surface area contributed by atoms with Crippen LogP contribution in [0.2, 0.25) is 0 Å². The first-order chi connectivity index (χ1) is 28.7. The van der Waals surface area contributed by atoms with Gasteiger partial charge >= 0.3 is 0 Å². The molecule has 0 amide bonds. The van der Waals surface area contributed by atoms with Gasteiger partial charge in [-0.1, -0.05) is 164 Å². The van der Waals surface area contributed by atoms with Crippen LogP contribution < -0.4 is 5.32 Å². The third-order valence-corrected chi connectivity index (χ3v) is 12.8. The molecule has 2 heterocycles. The highest BCUT2D eigenvalue weighted by Crippen LogP contribution is 2.52. The molecule has 0 unspecified atom stereocenters. The summed E-state index contributed by atoms with van der Waals surface area (Å²) in [6.07, 6.45) is 4.34. The van der Waals surface area contributed by atoms with Gasteiger partial charge in [0.05, 0.1) is 16.9 Å². The summed E-state index contributed by atoms with van der Waals surface area (Å²) < 4.78 is 0. The Balaban J connectivity index is 0.993. The van der Waals surface area contributed by atoms with Crippen LogP contribution in [-0.4, -0.2) is 11.5 Å². The van der Waals surface area contributed by atoms with Crippen molar-refractivity contribution in [3.8, 4) is 89.1 Å². The maximum Gasteiger partial charge on any atom is 0.0947 e. The summed E-state index contributed by atoms with van der Waals surface area (Å²) in [5.41, 5.74) is 23.2. The van der Waals surface area contributed by atoms with Crippen LogP contribution in [0, 0.1) is 0 Å². The molecule has 1 N–H and O–H groups in total. The molecule has 268 valence electrons. The molecule has 58 heavy (non-hydrogen) atoms. The van der Waals surface area contributed by atoms with Crippen LogP contribution in [0.15, 0.2) is 182 Å². The highest BCUT2D eigenvalue weighted by Gasteiger charge is 2.25. The number of pyridine rings is 1. The Labute approximate surface area is 336 Å². The van der Waals surface area contributed by atoms with Gasteiger partial charge in [0, 0.05) is 17.5 Å². The smallest absolute Gasteiger partial charge is 0.0947 e. The maximum atomic E-state index is 5.20. The zero-order valence-electron chi connectivity index (χ0n) is 31.6. The molecule has 3 aliphatic rings. The van der Waals surface area contributed by atoms with Crippen LogP contribution in [0.4, 0.5) is 5.69 Å². The van der Waals surface area contributed by atoms with Crippen molar-refractivity contribution in [1.82, 2.24) is 4.98 Å². The lowest BCUT2D eigenvalue weighted by Gasteiger charge is -2.16. The Morgan fingerprint density at radius 1 is 0.379 bits per heavy atom. The summed E-state index contributed by atoms with van der Waals surface area (Å²) in [6.45, 7) is 0.817. The summed E-state index contributed by atoms with van der Waals surface area (Å²) in [4.78, 5) is 5.20. The zero-order valence-corrected chi connectivity index (χ0v) is 31.6. The lowest BCUT2D eigenvalue weighted by Crippen LogP contribution is -2.05. The van der Waals surface area contributed by atoms with Crippen molar-refractivity contribution in [2.45, 2.75) is 0 Å². The van der Waals surface area contributed by atoms with E-state index in [4.69, 9.17) is 4.98 Å². The van der Waals surface area contributed by atoms with E-state index in [2.05, 4.69) is 193 Å². The Bertz CT molecular complexity index is 3230. The largest absolute Gasteiger partial charge is 0.379 e. The molecule has 2 heteroatoms. The van der Waals surface area contributed by atoms with E-state index in [1.54, 1.807) is 0 Å². The molecule has 1 aliphatic heterocycles. The fourth-order valence-corrected chi connectivity index (χ4v) is 10.1. The van der Waals surface area contributed by atoms with Crippen LogP contribution in [0.25, 0.3) is 128 Å². The first kappa shape index (κ1) is 31.6. The SMILES string of the molecule is C1=Cc2ccc3ccc(-c4ccc(-c5cc(-c6ccc7c8c(cccc68)-c6ccccc6-7)cc(-c6ccc7c8c(cccc68)-c6ccccc6-7)c5)cc4)nc3c2NC1. The Morgan fingerprint density at radius 3 is 1.48 bits per heavy atom. The number of aromatic nitrogens is 1. The van der Waals surface area contributed by atoms with Crippen LogP contribution in [0.5, 0.6) is 0 Å². The van der Waals surface area contributed by atoms with Crippen molar-refractivity contribution < 1.29 is 0 Å². The van der Waals surface area contributed by atoms with Crippen molar-refractivity contribution in [3.05, 3.63) is 188 Å². The van der Waals surface area contributed by atoms with Crippen LogP contribution in [0.3, 0.4) is 0 Å². The van der Waals surface area contributed by atoms with E-state index < -0.39 is 0 Å². The number of hydrogen-bond donors (Lipinski definition) is 1. The molecule has 0 spiro atoms. The summed E-state index contributed by atoms with van der Waals surface area (Å²) in [7, 11) is 0. The van der Waals surface area contributed by atoms with Crippen molar-refractivity contribution in [3.63, 3.8) is 0 Å². The van der Waals surface area contributed by atoms with Crippen molar-refractivity contribution in [2.75, 3.05) is 11.9 Å². The highest BCUT2D eigenvalue weighted by atomic mass is 14.9. The predicted molar refractivity (Wildman–Crippen MR) is 245 cm³/mol. The fourth-order valence-electron chi connectivity index (χ4n) is 10.1. The monoisotopic (exact) mass is 734 g/mol. The van der Waals surface area contributed by atoms with Crippen LogP contribution >= 0.6 is 0 Å². The van der Waals surface area contributed by atoms with Crippen molar-refractivity contribution >= 4 is 44.2 Å². The summed E-state index contributed by atoms with van der Waals surface area (Å²) in [6, 6.07) is 65.5. The van der Waals surface area contributed by atoms with Gasteiger partial charge in [0.2, 0.25) is 0 Å². The standard InChI is InChI=1S/C56H34N2/c1-3-11-44-42(9-1)48-15-5-13-46-40(24-26-50(44)53(46)48)38-30-37(31-39(32-38)41-25-27-51-45-12-4-2-10-43(45)49-16-6-14-47(41)54(49)51)33-17-19-34(20-18-33)52-28-23-36-22-21-35-8-7-29-57-55(35)56(36)58-52/h1-28,30-32,57H,29H2. The summed E-state index contributed by atoms with van der Waals surface area (Å²) in [5, 5.41) is 9.96. The third-order valence-electron chi connectivity index (χ3n) is 12.8. The topological polar surface area (TPSA) is 24.9 Å². The summed E-state index contributed by atoms with van der Waals surface area (Å²) in [5.74, 6) is 0. The molecule has 9 aromatic carbocycles. The second-order valence-corrected chi connectivity index (χ2v) is 15.8. The van der Waals surface area contributed by atoms with Gasteiger partial charge in [0.1, 0.15) is 0 Å². The first-order valence-electron chi connectivity index (χ1n) is 20.2. The van der Waals surface area contributed by atoms with Crippen LogP contribution in [0.1, 0.15) is 5.56 Å². The molecule has 13 rings (SSSR count). The fraction of sp³-hybridized carbons (Fsp3) is 0.0179. The molecule has 0 saturated carbocycles. The lowest BCUT2D eigenvalue weighted by molar-refractivity contribution is 1.30. The molecular weight excluding hydrogens is 701 g/mol. The molecule has 0 fully saturated rings. The molecule has 1 aromatic heterocycles. The minimum Gasteiger partial charge on any atom is -0.379 e. The number of benzene rings is 9. The molecule has 10 aromatic rings. The van der Waals surface area contributed by atoms with E-state index in [-0.39, 0.29) is 0 Å². The van der Waals surface area contributed by atoms with Gasteiger partial charge in [0.15, 0.2) is 0 Å². The molecule has 0 bridgehead atoms. The van der Waals surface area contributed by atoms with Gasteiger partial charge < -0.3 is 5.32 Å². The van der Waals surface area contributed by atoms with Gasteiger partial charge in [-0.2, -0.15) is 0 Å². The number of rotatable bonds is 4. The molecule has 0 atom stereocenters. The minimum absolute atomic E-state index is 0.817. The average Bonchev–Trinajstić information content (AvgIpc) is 3.80. The predicted octanol–water partition coefficient (Wildman–Crippen LogP) is 14.9. The normalized spacial score (nSPS) is 12.8.